The van der Waals surface area contributed by atoms with Gasteiger partial charge in [-0.1, -0.05) is 54.1 Å². The highest BCUT2D eigenvalue weighted by molar-refractivity contribution is 7.90. The number of aromatic nitrogens is 3. The van der Waals surface area contributed by atoms with Gasteiger partial charge >= 0.3 is 6.09 Å². The minimum absolute atomic E-state index is 0.0209. The molecule has 2 aromatic heterocycles. The highest BCUT2D eigenvalue weighted by Crippen LogP contribution is 2.36. The zero-order valence-electron chi connectivity index (χ0n) is 27.3. The molecule has 49 heavy (non-hydrogen) atoms. The number of anilines is 2. The van der Waals surface area contributed by atoms with E-state index in [9.17, 15) is 18.0 Å². The molecular formula is C36H37ClN6O5S. The summed E-state index contributed by atoms with van der Waals surface area (Å²) in [6.07, 6.45) is 5.50. The highest BCUT2D eigenvalue weighted by Gasteiger charge is 2.26. The van der Waals surface area contributed by atoms with Crippen molar-refractivity contribution in [2.75, 3.05) is 10.6 Å². The van der Waals surface area contributed by atoms with Crippen LogP contribution >= 0.6 is 11.6 Å². The van der Waals surface area contributed by atoms with Gasteiger partial charge in [0.2, 0.25) is 5.95 Å². The Morgan fingerprint density at radius 1 is 0.918 bits per heavy atom. The molecule has 0 atom stereocenters. The summed E-state index contributed by atoms with van der Waals surface area (Å²) in [5.41, 5.74) is 1.78. The Morgan fingerprint density at radius 3 is 2.35 bits per heavy atom. The number of hydrogen-bond donors (Lipinski definition) is 3. The molecule has 11 nitrogen and oxygen atoms in total. The Morgan fingerprint density at radius 2 is 1.61 bits per heavy atom. The second-order valence-electron chi connectivity index (χ2n) is 12.9. The smallest absolute Gasteiger partial charge is 0.412 e. The lowest BCUT2D eigenvalue weighted by Gasteiger charge is -2.29. The van der Waals surface area contributed by atoms with E-state index in [2.05, 4.69) is 20.9 Å². The van der Waals surface area contributed by atoms with E-state index in [-0.39, 0.29) is 22.9 Å². The van der Waals surface area contributed by atoms with E-state index in [4.69, 9.17) is 21.3 Å². The van der Waals surface area contributed by atoms with Gasteiger partial charge in [0, 0.05) is 40.5 Å². The first-order valence-corrected chi connectivity index (χ1v) is 17.8. The quantitative estimate of drug-likeness (QED) is 0.151. The number of rotatable bonds is 8. The van der Waals surface area contributed by atoms with Crippen LogP contribution in [0.2, 0.25) is 5.02 Å². The van der Waals surface area contributed by atoms with E-state index < -0.39 is 21.7 Å². The summed E-state index contributed by atoms with van der Waals surface area (Å²) >= 11 is 6.61. The number of amides is 2. The lowest BCUT2D eigenvalue weighted by molar-refractivity contribution is 0.0635. The number of nitrogens with one attached hydrogen (secondary N) is 3. The summed E-state index contributed by atoms with van der Waals surface area (Å²) in [6, 6.07) is 22.3. The maximum absolute atomic E-state index is 13.6. The van der Waals surface area contributed by atoms with Crippen LogP contribution in [-0.4, -0.2) is 52.0 Å². The van der Waals surface area contributed by atoms with E-state index in [0.717, 1.165) is 25.7 Å². The van der Waals surface area contributed by atoms with Crippen LogP contribution in [0.4, 0.5) is 16.4 Å². The summed E-state index contributed by atoms with van der Waals surface area (Å²) < 4.78 is 33.8. The molecule has 0 saturated heterocycles. The normalized spacial score (nSPS) is 16.6. The molecule has 0 aliphatic heterocycles. The first kappa shape index (κ1) is 33.9. The molecule has 1 aliphatic rings. The summed E-state index contributed by atoms with van der Waals surface area (Å²) in [7, 11) is -3.88. The van der Waals surface area contributed by atoms with Gasteiger partial charge in [0.25, 0.3) is 15.9 Å². The molecule has 2 amide bonds. The molecule has 5 aromatic rings. The van der Waals surface area contributed by atoms with Gasteiger partial charge in [-0.15, -0.1) is 0 Å². The molecule has 6 rings (SSSR count). The van der Waals surface area contributed by atoms with E-state index in [1.807, 2.05) is 12.1 Å². The maximum atomic E-state index is 13.6. The predicted molar refractivity (Wildman–Crippen MR) is 190 cm³/mol. The van der Waals surface area contributed by atoms with Crippen LogP contribution in [0.15, 0.2) is 96.2 Å². The third-order valence-electron chi connectivity index (χ3n) is 8.14. The first-order chi connectivity index (χ1) is 23.4. The van der Waals surface area contributed by atoms with Gasteiger partial charge in [-0.2, -0.15) is 0 Å². The number of hydrogen-bond acceptors (Lipinski definition) is 8. The molecule has 0 radical (unpaired) electrons. The number of nitrogens with zero attached hydrogens (tertiary/aromatic N) is 3. The van der Waals surface area contributed by atoms with Gasteiger partial charge in [-0.05, 0) is 82.9 Å². The monoisotopic (exact) mass is 700 g/mol. The highest BCUT2D eigenvalue weighted by atomic mass is 35.5. The predicted octanol–water partition coefficient (Wildman–Crippen LogP) is 7.49. The third-order valence-corrected chi connectivity index (χ3v) is 10.1. The number of carbonyl (C=O) groups is 2. The summed E-state index contributed by atoms with van der Waals surface area (Å²) in [6.45, 7) is 5.35. The molecule has 13 heteroatoms. The number of benzene rings is 3. The van der Waals surface area contributed by atoms with E-state index in [1.54, 1.807) is 93.7 Å². The number of ether oxygens (including phenoxy) is 1. The van der Waals surface area contributed by atoms with Crippen molar-refractivity contribution in [2.24, 2.45) is 0 Å². The van der Waals surface area contributed by atoms with Crippen molar-refractivity contribution in [1.82, 2.24) is 19.3 Å². The fourth-order valence-corrected chi connectivity index (χ4v) is 7.45. The second kappa shape index (κ2) is 13.9. The van der Waals surface area contributed by atoms with Crippen LogP contribution in [0.3, 0.4) is 0 Å². The van der Waals surface area contributed by atoms with Crippen molar-refractivity contribution < 1.29 is 22.7 Å². The molecule has 1 fully saturated rings. The van der Waals surface area contributed by atoms with E-state index in [1.165, 1.54) is 10.2 Å². The fraction of sp³-hybridized carbons (Fsp3) is 0.278. The standard InChI is InChI=1S/C36H37ClN6O5S/c1-36(2,3)48-35(45)41-26-11-9-10-23(20-26)33(44)39-24-16-18-25(19-17-24)40-34-38-21-30(37)32(42-34)29-22-43(31-15-8-7-14-28(29)31)49(46,47)27-12-5-4-6-13-27/h4-15,20-22,24-25H,16-19H2,1-3H3,(H,39,44)(H,41,45)(H,38,40,42). The Bertz CT molecular complexity index is 2110. The number of para-hydroxylation sites is 1. The third kappa shape index (κ3) is 7.87. The van der Waals surface area contributed by atoms with Gasteiger partial charge in [-0.3, -0.25) is 10.1 Å². The first-order valence-electron chi connectivity index (χ1n) is 16.0. The van der Waals surface area contributed by atoms with Crippen LogP contribution in [0.1, 0.15) is 56.8 Å². The van der Waals surface area contributed by atoms with Crippen molar-refractivity contribution >= 4 is 56.2 Å². The van der Waals surface area contributed by atoms with Crippen LogP contribution in [0.5, 0.6) is 0 Å². The van der Waals surface area contributed by atoms with Gasteiger partial charge in [-0.25, -0.2) is 27.2 Å². The topological polar surface area (TPSA) is 144 Å². The summed E-state index contributed by atoms with van der Waals surface area (Å²) in [5.74, 6) is 0.160. The van der Waals surface area contributed by atoms with E-state index in [0.29, 0.717) is 44.4 Å². The molecule has 2 heterocycles. The number of fused-ring (bicyclic) bond motifs is 1. The maximum Gasteiger partial charge on any atom is 0.412 e. The van der Waals surface area contributed by atoms with Crippen molar-refractivity contribution in [3.63, 3.8) is 0 Å². The average molecular weight is 701 g/mol. The Hall–Kier alpha value is -4.94. The number of halogens is 1. The van der Waals surface area contributed by atoms with Crippen molar-refractivity contribution in [1.29, 1.82) is 0 Å². The van der Waals surface area contributed by atoms with Gasteiger partial charge in [0.1, 0.15) is 5.60 Å². The van der Waals surface area contributed by atoms with Crippen molar-refractivity contribution in [3.05, 3.63) is 102 Å². The minimum Gasteiger partial charge on any atom is -0.444 e. The van der Waals surface area contributed by atoms with Crippen LogP contribution in [-0.2, 0) is 14.8 Å². The fourth-order valence-electron chi connectivity index (χ4n) is 5.86. The second-order valence-corrected chi connectivity index (χ2v) is 15.2. The zero-order chi connectivity index (χ0) is 34.8. The molecule has 0 unspecified atom stereocenters. The van der Waals surface area contributed by atoms with Crippen LogP contribution in [0, 0.1) is 0 Å². The Labute approximate surface area is 290 Å². The largest absolute Gasteiger partial charge is 0.444 e. The van der Waals surface area contributed by atoms with Crippen LogP contribution < -0.4 is 16.0 Å². The molecular weight excluding hydrogens is 664 g/mol. The van der Waals surface area contributed by atoms with Gasteiger partial charge in [0.05, 0.1) is 27.3 Å². The zero-order valence-corrected chi connectivity index (χ0v) is 28.9. The molecule has 1 saturated carbocycles. The molecule has 3 aromatic carbocycles. The Balaban J connectivity index is 1.11. The van der Waals surface area contributed by atoms with Gasteiger partial charge in [0.15, 0.2) is 0 Å². The SMILES string of the molecule is CC(C)(C)OC(=O)Nc1cccc(C(=O)NC2CCC(Nc3ncc(Cl)c(-c4cn(S(=O)(=O)c5ccccc5)c5ccccc45)n3)CC2)c1. The molecule has 0 bridgehead atoms. The lowest BCUT2D eigenvalue weighted by atomic mass is 9.91. The molecule has 254 valence electrons. The molecule has 0 spiro atoms. The van der Waals surface area contributed by atoms with Crippen molar-refractivity contribution in [2.45, 2.75) is 69.0 Å². The summed E-state index contributed by atoms with van der Waals surface area (Å²) in [4.78, 5) is 34.5. The van der Waals surface area contributed by atoms with Crippen molar-refractivity contribution in [3.8, 4) is 11.3 Å². The number of carbonyl (C=O) groups excluding carboxylic acids is 2. The molecule has 3 N–H and O–H groups in total. The minimum atomic E-state index is -3.88. The molecule has 1 aliphatic carbocycles. The van der Waals surface area contributed by atoms with Crippen LogP contribution in [0.25, 0.3) is 22.2 Å². The average Bonchev–Trinajstić information content (AvgIpc) is 3.46. The summed E-state index contributed by atoms with van der Waals surface area (Å²) in [5, 5.41) is 10.2. The Kier molecular flexibility index (Phi) is 9.62. The van der Waals surface area contributed by atoms with Gasteiger partial charge < -0.3 is 15.4 Å². The van der Waals surface area contributed by atoms with E-state index >= 15 is 0 Å². The lowest BCUT2D eigenvalue weighted by Crippen LogP contribution is -2.40.